The normalized spacial score (nSPS) is 13.9. The van der Waals surface area contributed by atoms with Gasteiger partial charge in [-0.15, -0.1) is 0 Å². The molecule has 0 radical (unpaired) electrons. The third-order valence-electron chi connectivity index (χ3n) is 3.11. The van der Waals surface area contributed by atoms with Gasteiger partial charge in [-0.1, -0.05) is 31.5 Å². The zero-order valence-corrected chi connectivity index (χ0v) is 12.0. The molecule has 1 aromatic carbocycles. The van der Waals surface area contributed by atoms with E-state index in [1.807, 2.05) is 0 Å². The minimum Gasteiger partial charge on any atom is -0.354 e. The molecule has 0 spiro atoms. The third-order valence-corrected chi connectivity index (χ3v) is 3.42. The number of nitrogens with zero attached hydrogens (tertiary/aromatic N) is 1. The van der Waals surface area contributed by atoms with Gasteiger partial charge in [0, 0.05) is 19.0 Å². The fraction of sp³-hybridized carbons (Fsp3) is 0.357. The van der Waals surface area contributed by atoms with Crippen molar-refractivity contribution in [2.75, 3.05) is 13.1 Å². The summed E-state index contributed by atoms with van der Waals surface area (Å²) in [6.07, 6.45) is 0. The number of nitrogens with one attached hydrogen (secondary N) is 1. The van der Waals surface area contributed by atoms with Crippen LogP contribution in [0.3, 0.4) is 0 Å². The highest BCUT2D eigenvalue weighted by Gasteiger charge is 2.36. The van der Waals surface area contributed by atoms with E-state index in [9.17, 15) is 14.4 Å². The standard InChI is InChI=1S/C14H15ClN2O3/c1-8(2)12(18)16-6-7-17-13(19)9-4-3-5-10(15)11(9)14(17)20/h3-5,8H,6-7H2,1-2H3,(H,16,18). The summed E-state index contributed by atoms with van der Waals surface area (Å²) >= 11 is 5.95. The van der Waals surface area contributed by atoms with Crippen molar-refractivity contribution in [1.82, 2.24) is 10.2 Å². The molecule has 0 unspecified atom stereocenters. The first kappa shape index (κ1) is 14.5. The Morgan fingerprint density at radius 3 is 2.60 bits per heavy atom. The lowest BCUT2D eigenvalue weighted by molar-refractivity contribution is -0.124. The Bertz CT molecular complexity index is 584. The minimum absolute atomic E-state index is 0.111. The molecule has 0 saturated heterocycles. The number of hydrogen-bond acceptors (Lipinski definition) is 3. The lowest BCUT2D eigenvalue weighted by Gasteiger charge is -2.15. The quantitative estimate of drug-likeness (QED) is 0.860. The van der Waals surface area contributed by atoms with Crippen LogP contribution in [0.15, 0.2) is 18.2 Å². The molecule has 1 heterocycles. The maximum Gasteiger partial charge on any atom is 0.263 e. The molecule has 0 atom stereocenters. The lowest BCUT2D eigenvalue weighted by Crippen LogP contribution is -2.39. The average molecular weight is 295 g/mol. The highest BCUT2D eigenvalue weighted by Crippen LogP contribution is 2.28. The summed E-state index contributed by atoms with van der Waals surface area (Å²) in [6.45, 7) is 3.93. The van der Waals surface area contributed by atoms with Gasteiger partial charge in [0.1, 0.15) is 0 Å². The van der Waals surface area contributed by atoms with Crippen LogP contribution in [0.25, 0.3) is 0 Å². The summed E-state index contributed by atoms with van der Waals surface area (Å²) in [5.41, 5.74) is 0.562. The number of imide groups is 1. The summed E-state index contributed by atoms with van der Waals surface area (Å²) in [6, 6.07) is 4.79. The molecule has 6 heteroatoms. The predicted molar refractivity (Wildman–Crippen MR) is 74.7 cm³/mol. The fourth-order valence-electron chi connectivity index (χ4n) is 1.99. The van der Waals surface area contributed by atoms with Crippen molar-refractivity contribution < 1.29 is 14.4 Å². The van der Waals surface area contributed by atoms with Crippen LogP contribution < -0.4 is 5.32 Å². The molecule has 1 aliphatic rings. The minimum atomic E-state index is -0.408. The maximum absolute atomic E-state index is 12.1. The van der Waals surface area contributed by atoms with Crippen molar-refractivity contribution in [3.63, 3.8) is 0 Å². The zero-order chi connectivity index (χ0) is 14.9. The van der Waals surface area contributed by atoms with Crippen LogP contribution in [0.5, 0.6) is 0 Å². The smallest absolute Gasteiger partial charge is 0.263 e. The molecule has 20 heavy (non-hydrogen) atoms. The van der Waals surface area contributed by atoms with Crippen LogP contribution in [0.4, 0.5) is 0 Å². The Labute approximate surface area is 121 Å². The second-order valence-electron chi connectivity index (χ2n) is 4.87. The van der Waals surface area contributed by atoms with Crippen molar-refractivity contribution in [2.45, 2.75) is 13.8 Å². The molecule has 1 aromatic rings. The molecule has 106 valence electrons. The van der Waals surface area contributed by atoms with Gasteiger partial charge >= 0.3 is 0 Å². The van der Waals surface area contributed by atoms with E-state index in [1.165, 1.54) is 0 Å². The number of fused-ring (bicyclic) bond motifs is 1. The van der Waals surface area contributed by atoms with E-state index in [1.54, 1.807) is 32.0 Å². The molecule has 2 rings (SSSR count). The monoisotopic (exact) mass is 294 g/mol. The summed E-state index contributed by atoms with van der Waals surface area (Å²) in [4.78, 5) is 36.8. The molecular weight excluding hydrogens is 280 g/mol. The van der Waals surface area contributed by atoms with Gasteiger partial charge in [-0.2, -0.15) is 0 Å². The molecule has 0 fully saturated rings. The Kier molecular flexibility index (Phi) is 4.09. The summed E-state index contributed by atoms with van der Waals surface area (Å²) in [5.74, 6) is -1.02. The van der Waals surface area contributed by atoms with Crippen molar-refractivity contribution in [3.8, 4) is 0 Å². The fourth-order valence-corrected chi connectivity index (χ4v) is 2.25. The summed E-state index contributed by atoms with van der Waals surface area (Å²) < 4.78 is 0. The van der Waals surface area contributed by atoms with Crippen LogP contribution in [0.1, 0.15) is 34.6 Å². The van der Waals surface area contributed by atoms with E-state index in [2.05, 4.69) is 5.32 Å². The number of halogens is 1. The predicted octanol–water partition coefficient (Wildman–Crippen LogP) is 1.71. The topological polar surface area (TPSA) is 66.5 Å². The summed E-state index contributed by atoms with van der Waals surface area (Å²) in [7, 11) is 0. The van der Waals surface area contributed by atoms with E-state index in [0.717, 1.165) is 4.90 Å². The summed E-state index contributed by atoms with van der Waals surface area (Å²) in [5, 5.41) is 2.95. The van der Waals surface area contributed by atoms with Crippen LogP contribution >= 0.6 is 11.6 Å². The van der Waals surface area contributed by atoms with Gasteiger partial charge in [0.05, 0.1) is 16.1 Å². The van der Waals surface area contributed by atoms with Crippen molar-refractivity contribution >= 4 is 29.3 Å². The maximum atomic E-state index is 12.1. The highest BCUT2D eigenvalue weighted by molar-refractivity contribution is 6.37. The Balaban J connectivity index is 2.06. The number of amides is 3. The molecule has 5 nitrogen and oxygen atoms in total. The molecule has 0 aromatic heterocycles. The number of hydrogen-bond donors (Lipinski definition) is 1. The van der Waals surface area contributed by atoms with Gasteiger partial charge in [0.15, 0.2) is 0 Å². The number of rotatable bonds is 4. The van der Waals surface area contributed by atoms with E-state index in [-0.39, 0.29) is 41.4 Å². The lowest BCUT2D eigenvalue weighted by atomic mass is 10.1. The van der Waals surface area contributed by atoms with Crippen molar-refractivity contribution in [1.29, 1.82) is 0 Å². The largest absolute Gasteiger partial charge is 0.354 e. The zero-order valence-electron chi connectivity index (χ0n) is 11.3. The van der Waals surface area contributed by atoms with Gasteiger partial charge in [-0.3, -0.25) is 19.3 Å². The van der Waals surface area contributed by atoms with Gasteiger partial charge in [0.25, 0.3) is 11.8 Å². The Morgan fingerprint density at radius 2 is 2.00 bits per heavy atom. The van der Waals surface area contributed by atoms with E-state index >= 15 is 0 Å². The first-order valence-corrected chi connectivity index (χ1v) is 6.73. The van der Waals surface area contributed by atoms with Crippen molar-refractivity contribution in [2.24, 2.45) is 5.92 Å². The van der Waals surface area contributed by atoms with E-state index < -0.39 is 5.91 Å². The number of carbonyl (C=O) groups is 3. The first-order valence-electron chi connectivity index (χ1n) is 6.36. The molecule has 0 saturated carbocycles. The van der Waals surface area contributed by atoms with Gasteiger partial charge in [-0.25, -0.2) is 0 Å². The Hall–Kier alpha value is -1.88. The van der Waals surface area contributed by atoms with E-state index in [4.69, 9.17) is 11.6 Å². The van der Waals surface area contributed by atoms with Crippen molar-refractivity contribution in [3.05, 3.63) is 34.3 Å². The molecule has 0 bridgehead atoms. The van der Waals surface area contributed by atoms with Gasteiger partial charge in [-0.05, 0) is 12.1 Å². The molecular formula is C14H15ClN2O3. The van der Waals surface area contributed by atoms with Crippen LogP contribution in [0, 0.1) is 5.92 Å². The van der Waals surface area contributed by atoms with Crippen LogP contribution in [0.2, 0.25) is 5.02 Å². The second kappa shape index (κ2) is 5.63. The molecule has 1 aliphatic heterocycles. The first-order chi connectivity index (χ1) is 9.43. The molecule has 3 amide bonds. The third kappa shape index (κ3) is 2.54. The number of carbonyl (C=O) groups excluding carboxylic acids is 3. The van der Waals surface area contributed by atoms with Gasteiger partial charge in [0.2, 0.25) is 5.91 Å². The van der Waals surface area contributed by atoms with Gasteiger partial charge < -0.3 is 5.32 Å². The molecule has 1 N–H and O–H groups in total. The number of benzene rings is 1. The van der Waals surface area contributed by atoms with E-state index in [0.29, 0.717) is 5.56 Å². The van der Waals surface area contributed by atoms with Crippen LogP contribution in [-0.2, 0) is 4.79 Å². The van der Waals surface area contributed by atoms with Crippen LogP contribution in [-0.4, -0.2) is 35.7 Å². The highest BCUT2D eigenvalue weighted by atomic mass is 35.5. The SMILES string of the molecule is CC(C)C(=O)NCCN1C(=O)c2cccc(Cl)c2C1=O. The average Bonchev–Trinajstić information content (AvgIpc) is 2.64. The Morgan fingerprint density at radius 1 is 1.30 bits per heavy atom. The second-order valence-corrected chi connectivity index (χ2v) is 5.28. The molecule has 0 aliphatic carbocycles.